The van der Waals surface area contributed by atoms with Gasteiger partial charge >= 0.3 is 0 Å². The van der Waals surface area contributed by atoms with Crippen LogP contribution in [-0.2, 0) is 6.61 Å². The highest BCUT2D eigenvalue weighted by atomic mass is 16.6. The highest BCUT2D eigenvalue weighted by Crippen LogP contribution is 2.23. The lowest BCUT2D eigenvalue weighted by Crippen LogP contribution is -2.01. The Morgan fingerprint density at radius 2 is 1.59 bits per heavy atom. The number of ether oxygens (including phenoxy) is 1. The predicted molar refractivity (Wildman–Crippen MR) is 104 cm³/mol. The van der Waals surface area contributed by atoms with Crippen molar-refractivity contribution in [3.05, 3.63) is 112 Å². The monoisotopic (exact) mass is 359 g/mol. The summed E-state index contributed by atoms with van der Waals surface area (Å²) in [7, 11) is 0. The lowest BCUT2D eigenvalue weighted by molar-refractivity contribution is -0.385. The van der Waals surface area contributed by atoms with Crippen LogP contribution in [0.25, 0.3) is 6.08 Å². The molecule has 27 heavy (non-hydrogen) atoms. The van der Waals surface area contributed by atoms with Gasteiger partial charge in [0, 0.05) is 11.6 Å². The van der Waals surface area contributed by atoms with E-state index in [0.29, 0.717) is 12.4 Å². The van der Waals surface area contributed by atoms with Crippen molar-refractivity contribution in [3.8, 4) is 5.75 Å². The van der Waals surface area contributed by atoms with Crippen molar-refractivity contribution in [2.45, 2.75) is 6.61 Å². The van der Waals surface area contributed by atoms with E-state index in [1.54, 1.807) is 12.1 Å². The Kier molecular flexibility index (Phi) is 5.74. The van der Waals surface area contributed by atoms with E-state index in [1.807, 2.05) is 54.6 Å². The average Bonchev–Trinajstić information content (AvgIpc) is 2.71. The van der Waals surface area contributed by atoms with Crippen LogP contribution in [0, 0.1) is 10.1 Å². The van der Waals surface area contributed by atoms with Gasteiger partial charge in [0.1, 0.15) is 12.4 Å². The van der Waals surface area contributed by atoms with Crippen LogP contribution in [0.15, 0.2) is 84.9 Å². The maximum atomic E-state index is 12.4. The van der Waals surface area contributed by atoms with Crippen molar-refractivity contribution in [3.63, 3.8) is 0 Å². The summed E-state index contributed by atoms with van der Waals surface area (Å²) in [5.41, 5.74) is 1.61. The third-order valence-electron chi connectivity index (χ3n) is 3.94. The second-order valence-corrected chi connectivity index (χ2v) is 5.78. The van der Waals surface area contributed by atoms with Crippen LogP contribution >= 0.6 is 0 Å². The van der Waals surface area contributed by atoms with Crippen LogP contribution in [-0.4, -0.2) is 10.7 Å². The molecule has 0 amide bonds. The van der Waals surface area contributed by atoms with E-state index in [9.17, 15) is 14.9 Å². The van der Waals surface area contributed by atoms with Crippen LogP contribution in [0.2, 0.25) is 0 Å². The van der Waals surface area contributed by atoms with Crippen molar-refractivity contribution in [2.75, 3.05) is 0 Å². The number of ketones is 1. The maximum absolute atomic E-state index is 12.4. The molecule has 0 N–H and O–H groups in total. The molecule has 0 aliphatic heterocycles. The van der Waals surface area contributed by atoms with Crippen LogP contribution in [0.4, 0.5) is 5.69 Å². The van der Waals surface area contributed by atoms with Crippen LogP contribution in [0.1, 0.15) is 21.5 Å². The largest absolute Gasteiger partial charge is 0.488 e. The lowest BCUT2D eigenvalue weighted by atomic mass is 10.1. The number of nitrogens with zero attached hydrogens (tertiary/aromatic N) is 1. The Hall–Kier alpha value is -3.73. The Balaban J connectivity index is 1.78. The van der Waals surface area contributed by atoms with Gasteiger partial charge in [-0.05, 0) is 29.8 Å². The summed E-state index contributed by atoms with van der Waals surface area (Å²) in [4.78, 5) is 22.9. The van der Waals surface area contributed by atoms with Gasteiger partial charge in [0.15, 0.2) is 5.78 Å². The van der Waals surface area contributed by atoms with Crippen LogP contribution < -0.4 is 4.74 Å². The van der Waals surface area contributed by atoms with E-state index in [0.717, 1.165) is 11.1 Å². The highest BCUT2D eigenvalue weighted by Gasteiger charge is 2.17. The fourth-order valence-corrected chi connectivity index (χ4v) is 2.58. The number of carbonyl (C=O) groups is 1. The summed E-state index contributed by atoms with van der Waals surface area (Å²) in [5.74, 6) is 0.202. The molecule has 0 heterocycles. The summed E-state index contributed by atoms with van der Waals surface area (Å²) in [6.45, 7) is 0.407. The molecule has 0 unspecified atom stereocenters. The fraction of sp³-hybridized carbons (Fsp3) is 0.0455. The number of carbonyl (C=O) groups excluding carboxylic acids is 1. The number of rotatable bonds is 7. The zero-order chi connectivity index (χ0) is 19.1. The number of allylic oxidation sites excluding steroid dienone is 1. The Morgan fingerprint density at radius 3 is 2.37 bits per heavy atom. The Morgan fingerprint density at radius 1 is 0.926 bits per heavy atom. The quantitative estimate of drug-likeness (QED) is 0.256. The molecular weight excluding hydrogens is 342 g/mol. The molecule has 0 fully saturated rings. The first kappa shape index (κ1) is 18.1. The van der Waals surface area contributed by atoms with Gasteiger partial charge in [-0.2, -0.15) is 0 Å². The molecule has 5 heteroatoms. The molecule has 0 atom stereocenters. The molecule has 0 aliphatic carbocycles. The summed E-state index contributed by atoms with van der Waals surface area (Å²) in [5, 5.41) is 11.1. The number of nitro benzene ring substituents is 1. The van der Waals surface area contributed by atoms with Gasteiger partial charge in [-0.3, -0.25) is 14.9 Å². The number of nitro groups is 1. The molecule has 0 bridgehead atoms. The van der Waals surface area contributed by atoms with Gasteiger partial charge in [-0.1, -0.05) is 60.7 Å². The molecule has 0 spiro atoms. The Bertz CT molecular complexity index is 980. The second-order valence-electron chi connectivity index (χ2n) is 5.78. The maximum Gasteiger partial charge on any atom is 0.280 e. The third kappa shape index (κ3) is 4.67. The van der Waals surface area contributed by atoms with Gasteiger partial charge in [0.2, 0.25) is 0 Å². The van der Waals surface area contributed by atoms with E-state index in [4.69, 9.17) is 4.74 Å². The molecule has 5 nitrogen and oxygen atoms in total. The molecule has 0 aromatic heterocycles. The van der Waals surface area contributed by atoms with Crippen molar-refractivity contribution in [2.24, 2.45) is 0 Å². The molecule has 0 radical (unpaired) electrons. The Labute approximate surface area is 156 Å². The van der Waals surface area contributed by atoms with Crippen LogP contribution in [0.3, 0.4) is 0 Å². The first-order valence-electron chi connectivity index (χ1n) is 8.37. The van der Waals surface area contributed by atoms with Crippen molar-refractivity contribution in [1.29, 1.82) is 0 Å². The van der Waals surface area contributed by atoms with E-state index in [2.05, 4.69) is 0 Å². The van der Waals surface area contributed by atoms with E-state index >= 15 is 0 Å². The standard InChI is InChI=1S/C22H17NO4/c24-21(19-11-5-6-12-20(19)23(25)26)15-14-18-10-4-7-13-22(18)27-16-17-8-2-1-3-9-17/h1-15H,16H2/b15-14+. The van der Waals surface area contributed by atoms with Crippen molar-refractivity contribution in [1.82, 2.24) is 0 Å². The summed E-state index contributed by atoms with van der Waals surface area (Å²) < 4.78 is 5.85. The molecule has 0 saturated heterocycles. The summed E-state index contributed by atoms with van der Waals surface area (Å²) in [6.07, 6.45) is 2.94. The highest BCUT2D eigenvalue weighted by molar-refractivity contribution is 6.09. The first-order valence-corrected chi connectivity index (χ1v) is 8.37. The molecule has 0 aliphatic rings. The van der Waals surface area contributed by atoms with Gasteiger partial charge in [-0.25, -0.2) is 0 Å². The predicted octanol–water partition coefficient (Wildman–Crippen LogP) is 5.07. The first-order chi connectivity index (χ1) is 13.1. The molecule has 3 aromatic rings. The fourth-order valence-electron chi connectivity index (χ4n) is 2.58. The minimum atomic E-state index is -0.558. The third-order valence-corrected chi connectivity index (χ3v) is 3.94. The number of benzene rings is 3. The number of para-hydroxylation sites is 2. The minimum Gasteiger partial charge on any atom is -0.488 e. The zero-order valence-corrected chi connectivity index (χ0v) is 14.4. The van der Waals surface area contributed by atoms with Crippen molar-refractivity contribution < 1.29 is 14.5 Å². The molecule has 3 aromatic carbocycles. The van der Waals surface area contributed by atoms with Gasteiger partial charge in [-0.15, -0.1) is 0 Å². The van der Waals surface area contributed by atoms with Crippen molar-refractivity contribution >= 4 is 17.5 Å². The number of hydrogen-bond acceptors (Lipinski definition) is 4. The zero-order valence-electron chi connectivity index (χ0n) is 14.4. The average molecular weight is 359 g/mol. The van der Waals surface area contributed by atoms with E-state index < -0.39 is 10.7 Å². The lowest BCUT2D eigenvalue weighted by Gasteiger charge is -2.09. The molecular formula is C22H17NO4. The molecule has 3 rings (SSSR count). The topological polar surface area (TPSA) is 69.4 Å². The van der Waals surface area contributed by atoms with Crippen LogP contribution in [0.5, 0.6) is 5.75 Å². The summed E-state index contributed by atoms with van der Waals surface area (Å²) >= 11 is 0. The number of hydrogen-bond donors (Lipinski definition) is 0. The van der Waals surface area contributed by atoms with E-state index in [-0.39, 0.29) is 11.3 Å². The smallest absolute Gasteiger partial charge is 0.280 e. The normalized spacial score (nSPS) is 10.7. The van der Waals surface area contributed by atoms with Gasteiger partial charge in [0.25, 0.3) is 5.69 Å². The van der Waals surface area contributed by atoms with Gasteiger partial charge in [0.05, 0.1) is 10.5 Å². The van der Waals surface area contributed by atoms with Gasteiger partial charge < -0.3 is 4.74 Å². The SMILES string of the molecule is O=C(/C=C/c1ccccc1OCc1ccccc1)c1ccccc1[N+](=O)[O-]. The molecule has 134 valence electrons. The minimum absolute atomic E-state index is 0.0569. The second kappa shape index (κ2) is 8.58. The molecule has 0 saturated carbocycles. The van der Waals surface area contributed by atoms with E-state index in [1.165, 1.54) is 24.3 Å². The summed E-state index contributed by atoms with van der Waals surface area (Å²) in [6, 6.07) is 23.0.